The first-order chi connectivity index (χ1) is 15.0. The van der Waals surface area contributed by atoms with Gasteiger partial charge in [-0.2, -0.15) is 5.10 Å². The number of halogens is 1. The molecule has 0 aliphatic carbocycles. The number of oxazole rings is 1. The lowest BCUT2D eigenvalue weighted by Crippen LogP contribution is -2.45. The molecule has 4 rings (SSSR count). The highest BCUT2D eigenvalue weighted by Gasteiger charge is 2.33. The topological polar surface area (TPSA) is 94.6 Å². The maximum atomic E-state index is 13.5. The summed E-state index contributed by atoms with van der Waals surface area (Å²) in [5.74, 6) is 0.594. The van der Waals surface area contributed by atoms with Crippen molar-refractivity contribution >= 4 is 46.7 Å². The average molecular weight is 438 g/mol. The van der Waals surface area contributed by atoms with Gasteiger partial charge in [-0.1, -0.05) is 23.2 Å². The number of benzene rings is 2. The fourth-order valence-corrected chi connectivity index (χ4v) is 4.08. The number of hydrazone groups is 1. The van der Waals surface area contributed by atoms with Crippen molar-refractivity contribution in [3.8, 4) is 0 Å². The zero-order chi connectivity index (χ0) is 22.0. The number of aromatic nitrogens is 1. The van der Waals surface area contributed by atoms with Gasteiger partial charge in [0.15, 0.2) is 11.5 Å². The van der Waals surface area contributed by atoms with Gasteiger partial charge in [0.2, 0.25) is 0 Å². The first kappa shape index (κ1) is 21.1. The molecule has 8 heteroatoms. The van der Waals surface area contributed by atoms with Crippen LogP contribution in [0.4, 0.5) is 5.69 Å². The van der Waals surface area contributed by atoms with E-state index in [2.05, 4.69) is 22.4 Å². The molecule has 1 amide bonds. The van der Waals surface area contributed by atoms with E-state index in [0.717, 1.165) is 30.1 Å². The highest BCUT2D eigenvalue weighted by Crippen LogP contribution is 2.33. The van der Waals surface area contributed by atoms with Crippen LogP contribution in [0.25, 0.3) is 11.1 Å². The largest absolute Gasteiger partial charge is 0.440 e. The number of aryl methyl sites for hydroxylation is 1. The van der Waals surface area contributed by atoms with Gasteiger partial charge < -0.3 is 14.7 Å². The number of nitrogens with zero attached hydrogens (tertiary/aromatic N) is 3. The van der Waals surface area contributed by atoms with Gasteiger partial charge in [0.25, 0.3) is 5.91 Å². The van der Waals surface area contributed by atoms with Crippen LogP contribution in [-0.4, -0.2) is 40.8 Å². The maximum Gasteiger partial charge on any atom is 0.256 e. The Kier molecular flexibility index (Phi) is 6.04. The molecule has 1 aromatic heterocycles. The summed E-state index contributed by atoms with van der Waals surface area (Å²) in [5, 5.41) is 11.7. The second-order valence-electron chi connectivity index (χ2n) is 7.85. The van der Waals surface area contributed by atoms with E-state index in [1.807, 2.05) is 36.1 Å². The second kappa shape index (κ2) is 8.89. The minimum absolute atomic E-state index is 0.0171. The quantitative estimate of drug-likeness (QED) is 0.421. The molecule has 1 saturated heterocycles. The Labute approximate surface area is 185 Å². The standard InChI is InChI=1S/C23H24ClN5O2/c1-14-3-7-19(28-26-10-9-25)18(11-14)23(30)29-13-16(5-4-15(29)2)22-27-20-12-17(24)6-8-21(20)31-22/h3,6-12,15-16,25,28H,4-5,13H2,1-2H3/b25-9?,26-10-/t15-,16?/m1/s1. The van der Waals surface area contributed by atoms with Crippen molar-refractivity contribution in [2.45, 2.75) is 38.6 Å². The number of hydrogen-bond acceptors (Lipinski definition) is 6. The lowest BCUT2D eigenvalue weighted by Gasteiger charge is -2.37. The molecule has 1 unspecified atom stereocenters. The van der Waals surface area contributed by atoms with Crippen LogP contribution in [0.15, 0.2) is 45.9 Å². The summed E-state index contributed by atoms with van der Waals surface area (Å²) >= 11 is 6.08. The number of piperidine rings is 1. The molecule has 7 nitrogen and oxygen atoms in total. The molecule has 0 saturated carbocycles. The molecule has 160 valence electrons. The summed E-state index contributed by atoms with van der Waals surface area (Å²) < 4.78 is 5.98. The number of carbonyl (C=O) groups excluding carboxylic acids is 1. The van der Waals surface area contributed by atoms with E-state index < -0.39 is 0 Å². The Morgan fingerprint density at radius 3 is 2.97 bits per heavy atom. The molecular formula is C23H24ClN5O2. The molecule has 3 aromatic rings. The third kappa shape index (κ3) is 4.46. The highest BCUT2D eigenvalue weighted by atomic mass is 35.5. The zero-order valence-electron chi connectivity index (χ0n) is 17.4. The predicted octanol–water partition coefficient (Wildman–Crippen LogP) is 5.25. The number of carbonyl (C=O) groups is 1. The Morgan fingerprint density at radius 2 is 2.16 bits per heavy atom. The summed E-state index contributed by atoms with van der Waals surface area (Å²) in [6, 6.07) is 11.1. The van der Waals surface area contributed by atoms with E-state index in [1.165, 1.54) is 6.21 Å². The molecule has 2 N–H and O–H groups in total. The normalized spacial score (nSPS) is 19.1. The summed E-state index contributed by atoms with van der Waals surface area (Å²) in [5.41, 5.74) is 6.45. The number of fused-ring (bicyclic) bond motifs is 1. The molecule has 2 heterocycles. The third-order valence-electron chi connectivity index (χ3n) is 5.60. The molecular weight excluding hydrogens is 414 g/mol. The number of likely N-dealkylation sites (tertiary alicyclic amines) is 1. The number of anilines is 1. The first-order valence-corrected chi connectivity index (χ1v) is 10.6. The van der Waals surface area contributed by atoms with Gasteiger partial charge >= 0.3 is 0 Å². The van der Waals surface area contributed by atoms with Crippen LogP contribution in [0.1, 0.15) is 47.5 Å². The second-order valence-corrected chi connectivity index (χ2v) is 8.29. The van der Waals surface area contributed by atoms with Crippen molar-refractivity contribution in [2.24, 2.45) is 5.10 Å². The van der Waals surface area contributed by atoms with Crippen LogP contribution in [0.3, 0.4) is 0 Å². The number of nitrogens with one attached hydrogen (secondary N) is 2. The number of rotatable bonds is 5. The lowest BCUT2D eigenvalue weighted by molar-refractivity contribution is 0.0599. The zero-order valence-corrected chi connectivity index (χ0v) is 18.2. The van der Waals surface area contributed by atoms with Crippen LogP contribution in [0.2, 0.25) is 5.02 Å². The van der Waals surface area contributed by atoms with Crippen LogP contribution in [-0.2, 0) is 0 Å². The van der Waals surface area contributed by atoms with Crippen molar-refractivity contribution in [2.75, 3.05) is 12.0 Å². The Morgan fingerprint density at radius 1 is 1.32 bits per heavy atom. The van der Waals surface area contributed by atoms with Crippen molar-refractivity contribution in [1.29, 1.82) is 5.41 Å². The van der Waals surface area contributed by atoms with Gasteiger partial charge in [-0.15, -0.1) is 0 Å². The summed E-state index contributed by atoms with van der Waals surface area (Å²) in [6.07, 6.45) is 4.16. The lowest BCUT2D eigenvalue weighted by atomic mass is 9.92. The Balaban J connectivity index is 1.61. The van der Waals surface area contributed by atoms with Crippen molar-refractivity contribution in [1.82, 2.24) is 9.88 Å². The maximum absolute atomic E-state index is 13.5. The molecule has 2 aromatic carbocycles. The first-order valence-electron chi connectivity index (χ1n) is 10.2. The highest BCUT2D eigenvalue weighted by molar-refractivity contribution is 6.31. The van der Waals surface area contributed by atoms with E-state index in [4.69, 9.17) is 21.4 Å². The van der Waals surface area contributed by atoms with Crippen LogP contribution < -0.4 is 5.43 Å². The molecule has 31 heavy (non-hydrogen) atoms. The van der Waals surface area contributed by atoms with Gasteiger partial charge in [0.05, 0.1) is 23.4 Å². The van der Waals surface area contributed by atoms with Gasteiger partial charge in [-0.3, -0.25) is 10.2 Å². The van der Waals surface area contributed by atoms with Gasteiger partial charge in [0, 0.05) is 23.8 Å². The molecule has 0 bridgehead atoms. The SMILES string of the molecule is Cc1ccc(N/N=C\C=N)c(C(=O)N2CC(c3nc4cc(Cl)ccc4o3)CC[C@H]2C)c1. The Bertz CT molecular complexity index is 1160. The van der Waals surface area contributed by atoms with E-state index in [-0.39, 0.29) is 17.9 Å². The summed E-state index contributed by atoms with van der Waals surface area (Å²) in [4.78, 5) is 20.0. The minimum atomic E-state index is -0.0624. The van der Waals surface area contributed by atoms with Crippen molar-refractivity contribution in [3.63, 3.8) is 0 Å². The third-order valence-corrected chi connectivity index (χ3v) is 5.83. The van der Waals surface area contributed by atoms with Crippen LogP contribution >= 0.6 is 11.6 Å². The van der Waals surface area contributed by atoms with E-state index in [1.54, 1.807) is 12.1 Å². The summed E-state index contributed by atoms with van der Waals surface area (Å²) in [6.45, 7) is 4.54. The van der Waals surface area contributed by atoms with Crippen LogP contribution in [0, 0.1) is 12.3 Å². The molecule has 2 atom stereocenters. The molecule has 1 fully saturated rings. The smallest absolute Gasteiger partial charge is 0.256 e. The fourth-order valence-electron chi connectivity index (χ4n) is 3.92. The van der Waals surface area contributed by atoms with E-state index >= 15 is 0 Å². The molecule has 0 radical (unpaired) electrons. The fraction of sp³-hybridized carbons (Fsp3) is 0.304. The minimum Gasteiger partial charge on any atom is -0.440 e. The molecule has 1 aliphatic heterocycles. The van der Waals surface area contributed by atoms with E-state index in [9.17, 15) is 4.79 Å². The molecule has 0 spiro atoms. The summed E-state index contributed by atoms with van der Waals surface area (Å²) in [7, 11) is 0. The van der Waals surface area contributed by atoms with Crippen LogP contribution in [0.5, 0.6) is 0 Å². The van der Waals surface area contributed by atoms with Gasteiger partial charge in [-0.25, -0.2) is 4.98 Å². The van der Waals surface area contributed by atoms with Gasteiger partial charge in [-0.05, 0) is 57.0 Å². The molecule has 1 aliphatic rings. The van der Waals surface area contributed by atoms with Gasteiger partial charge in [0.1, 0.15) is 5.52 Å². The monoisotopic (exact) mass is 437 g/mol. The number of hydrogen-bond donors (Lipinski definition) is 2. The average Bonchev–Trinajstić information content (AvgIpc) is 3.18. The van der Waals surface area contributed by atoms with Crippen molar-refractivity contribution in [3.05, 3.63) is 58.4 Å². The predicted molar refractivity (Wildman–Crippen MR) is 124 cm³/mol. The Hall–Kier alpha value is -3.19. The van der Waals surface area contributed by atoms with E-state index in [0.29, 0.717) is 34.3 Å². The number of amides is 1. The van der Waals surface area contributed by atoms with Crippen molar-refractivity contribution < 1.29 is 9.21 Å².